The number of hydrogen-bond acceptors (Lipinski definition) is 4. The van der Waals surface area contributed by atoms with Crippen molar-refractivity contribution in [2.24, 2.45) is 5.73 Å². The number of amides is 1. The maximum atomic E-state index is 12.3. The summed E-state index contributed by atoms with van der Waals surface area (Å²) in [5, 5.41) is 3.42. The van der Waals surface area contributed by atoms with Crippen molar-refractivity contribution < 1.29 is 9.53 Å². The zero-order chi connectivity index (χ0) is 16.3. The van der Waals surface area contributed by atoms with E-state index in [9.17, 15) is 4.79 Å². The van der Waals surface area contributed by atoms with E-state index in [4.69, 9.17) is 10.5 Å². The molecule has 0 aliphatic carbocycles. The number of fused-ring (bicyclic) bond motifs is 1. The summed E-state index contributed by atoms with van der Waals surface area (Å²) >= 11 is 0. The van der Waals surface area contributed by atoms with Crippen LogP contribution in [0.15, 0.2) is 18.2 Å². The fourth-order valence-corrected chi connectivity index (χ4v) is 2.52. The van der Waals surface area contributed by atoms with Gasteiger partial charge in [0.2, 0.25) is 0 Å². The summed E-state index contributed by atoms with van der Waals surface area (Å²) in [6, 6.07) is 6.42. The summed E-state index contributed by atoms with van der Waals surface area (Å²) in [5.41, 5.74) is 8.74. The number of ether oxygens (including phenoxy) is 1. The summed E-state index contributed by atoms with van der Waals surface area (Å²) in [6.45, 7) is 9.55. The molecule has 0 spiro atoms. The van der Waals surface area contributed by atoms with Crippen LogP contribution in [0.4, 0.5) is 10.5 Å². The van der Waals surface area contributed by atoms with Crippen LogP contribution < -0.4 is 11.1 Å². The van der Waals surface area contributed by atoms with Crippen molar-refractivity contribution in [3.63, 3.8) is 0 Å². The summed E-state index contributed by atoms with van der Waals surface area (Å²) < 4.78 is 5.48. The Morgan fingerprint density at radius 2 is 2.18 bits per heavy atom. The fraction of sp³-hybridized carbons (Fsp3) is 0.588. The number of carbonyl (C=O) groups is 1. The third-order valence-electron chi connectivity index (χ3n) is 3.68. The van der Waals surface area contributed by atoms with Crippen LogP contribution in [0.3, 0.4) is 0 Å². The van der Waals surface area contributed by atoms with Gasteiger partial charge in [-0.3, -0.25) is 0 Å². The maximum absolute atomic E-state index is 12.3. The van der Waals surface area contributed by atoms with Crippen molar-refractivity contribution in [3.05, 3.63) is 29.3 Å². The molecule has 0 bridgehead atoms. The first-order chi connectivity index (χ1) is 10.3. The van der Waals surface area contributed by atoms with Gasteiger partial charge in [-0.15, -0.1) is 0 Å². The average Bonchev–Trinajstić information content (AvgIpc) is 2.45. The molecule has 122 valence electrons. The third kappa shape index (κ3) is 4.13. The molecule has 0 fully saturated rings. The Bertz CT molecular complexity index is 537. The highest BCUT2D eigenvalue weighted by molar-refractivity contribution is 5.70. The predicted molar refractivity (Wildman–Crippen MR) is 88.9 cm³/mol. The number of rotatable bonds is 3. The Hall–Kier alpha value is -1.75. The van der Waals surface area contributed by atoms with Crippen LogP contribution in [0.2, 0.25) is 0 Å². The Balaban J connectivity index is 2.16. The second-order valence-electron chi connectivity index (χ2n) is 6.88. The number of nitrogens with zero attached hydrogens (tertiary/aromatic N) is 1. The van der Waals surface area contributed by atoms with Crippen LogP contribution in [0.5, 0.6) is 0 Å². The van der Waals surface area contributed by atoms with E-state index < -0.39 is 5.60 Å². The van der Waals surface area contributed by atoms with E-state index in [0.717, 1.165) is 12.1 Å². The van der Waals surface area contributed by atoms with Crippen LogP contribution in [-0.2, 0) is 17.7 Å². The van der Waals surface area contributed by atoms with Gasteiger partial charge in [-0.1, -0.05) is 12.1 Å². The molecule has 0 saturated heterocycles. The Morgan fingerprint density at radius 1 is 1.45 bits per heavy atom. The molecule has 1 aliphatic rings. The molecule has 1 amide bonds. The van der Waals surface area contributed by atoms with Crippen molar-refractivity contribution >= 4 is 11.8 Å². The minimum Gasteiger partial charge on any atom is -0.444 e. The highest BCUT2D eigenvalue weighted by Crippen LogP contribution is 2.27. The van der Waals surface area contributed by atoms with Crippen molar-refractivity contribution in [1.29, 1.82) is 0 Å². The molecule has 1 aromatic carbocycles. The van der Waals surface area contributed by atoms with E-state index >= 15 is 0 Å². The molecule has 0 saturated carbocycles. The maximum Gasteiger partial charge on any atom is 0.410 e. The monoisotopic (exact) mass is 305 g/mol. The smallest absolute Gasteiger partial charge is 0.410 e. The number of carbonyl (C=O) groups excluding carboxylic acids is 1. The van der Waals surface area contributed by atoms with Gasteiger partial charge in [0.25, 0.3) is 0 Å². The summed E-state index contributed by atoms with van der Waals surface area (Å²) in [5.74, 6) is 0. The van der Waals surface area contributed by atoms with Crippen LogP contribution >= 0.6 is 0 Å². The number of nitrogens with two attached hydrogens (primary N) is 1. The average molecular weight is 305 g/mol. The lowest BCUT2D eigenvalue weighted by atomic mass is 9.98. The molecule has 0 radical (unpaired) electrons. The number of benzene rings is 1. The first-order valence-corrected chi connectivity index (χ1v) is 7.85. The van der Waals surface area contributed by atoms with Crippen molar-refractivity contribution in [3.8, 4) is 0 Å². The predicted octanol–water partition coefficient (Wildman–Crippen LogP) is 2.74. The van der Waals surface area contributed by atoms with Crippen LogP contribution in [0, 0.1) is 0 Å². The minimum absolute atomic E-state index is 0.198. The molecule has 5 nitrogen and oxygen atoms in total. The highest BCUT2D eigenvalue weighted by atomic mass is 16.6. The van der Waals surface area contributed by atoms with Crippen molar-refractivity contribution in [2.45, 2.75) is 52.3 Å². The topological polar surface area (TPSA) is 67.6 Å². The molecule has 5 heteroatoms. The normalized spacial score (nSPS) is 16.0. The van der Waals surface area contributed by atoms with Crippen molar-refractivity contribution in [1.82, 2.24) is 4.90 Å². The molecular formula is C17H27N3O2. The van der Waals surface area contributed by atoms with Gasteiger partial charge in [0, 0.05) is 24.8 Å². The molecule has 1 atom stereocenters. The summed E-state index contributed by atoms with van der Waals surface area (Å²) in [6.07, 6.45) is 0.598. The van der Waals surface area contributed by atoms with Crippen molar-refractivity contribution in [2.75, 3.05) is 18.4 Å². The van der Waals surface area contributed by atoms with Gasteiger partial charge in [-0.2, -0.15) is 0 Å². The van der Waals surface area contributed by atoms with E-state index in [2.05, 4.69) is 11.4 Å². The molecule has 3 N–H and O–H groups in total. The second kappa shape index (κ2) is 6.57. The molecule has 1 aromatic rings. The van der Waals surface area contributed by atoms with Crippen LogP contribution in [0.1, 0.15) is 38.8 Å². The van der Waals surface area contributed by atoms with E-state index in [1.807, 2.05) is 39.8 Å². The fourth-order valence-electron chi connectivity index (χ4n) is 2.52. The molecule has 2 rings (SSSR count). The zero-order valence-electron chi connectivity index (χ0n) is 14.0. The van der Waals surface area contributed by atoms with E-state index in [1.165, 1.54) is 11.1 Å². The largest absolute Gasteiger partial charge is 0.444 e. The van der Waals surface area contributed by atoms with Gasteiger partial charge in [0.05, 0.1) is 6.54 Å². The SMILES string of the molecule is CC(CN)Nc1cccc2c1CN(C(=O)OC(C)(C)C)CC2. The van der Waals surface area contributed by atoms with Crippen LogP contribution in [-0.4, -0.2) is 35.7 Å². The van der Waals surface area contributed by atoms with Gasteiger partial charge >= 0.3 is 6.09 Å². The number of nitrogens with one attached hydrogen (secondary N) is 1. The molecule has 1 aliphatic heterocycles. The summed E-state index contributed by atoms with van der Waals surface area (Å²) in [4.78, 5) is 14.0. The second-order valence-corrected chi connectivity index (χ2v) is 6.88. The number of anilines is 1. The Kier molecular flexibility index (Phi) is 4.96. The van der Waals surface area contributed by atoms with Gasteiger partial charge in [0.15, 0.2) is 0 Å². The lowest BCUT2D eigenvalue weighted by Gasteiger charge is -2.32. The highest BCUT2D eigenvalue weighted by Gasteiger charge is 2.27. The molecule has 0 aromatic heterocycles. The molecule has 1 unspecified atom stereocenters. The standard InChI is InChI=1S/C17H27N3O2/c1-12(10-18)19-15-7-5-6-13-8-9-20(11-14(13)15)16(21)22-17(2,3)4/h5-7,12,19H,8-11,18H2,1-4H3. The summed E-state index contributed by atoms with van der Waals surface area (Å²) in [7, 11) is 0. The van der Waals surface area contributed by atoms with Gasteiger partial charge < -0.3 is 20.7 Å². The van der Waals surface area contributed by atoms with E-state index in [-0.39, 0.29) is 12.1 Å². The van der Waals surface area contributed by atoms with E-state index in [0.29, 0.717) is 19.6 Å². The zero-order valence-corrected chi connectivity index (χ0v) is 14.0. The lowest BCUT2D eigenvalue weighted by Crippen LogP contribution is -2.40. The van der Waals surface area contributed by atoms with Gasteiger partial charge in [0.1, 0.15) is 5.60 Å². The van der Waals surface area contributed by atoms with Crippen LogP contribution in [0.25, 0.3) is 0 Å². The lowest BCUT2D eigenvalue weighted by molar-refractivity contribution is 0.0224. The number of hydrogen-bond donors (Lipinski definition) is 2. The molecule has 22 heavy (non-hydrogen) atoms. The third-order valence-corrected chi connectivity index (χ3v) is 3.68. The molecular weight excluding hydrogens is 278 g/mol. The first-order valence-electron chi connectivity index (χ1n) is 7.85. The Labute approximate surface area is 132 Å². The van der Waals surface area contributed by atoms with Gasteiger partial charge in [-0.25, -0.2) is 4.79 Å². The van der Waals surface area contributed by atoms with E-state index in [1.54, 1.807) is 4.90 Å². The first kappa shape index (κ1) is 16.6. The molecule has 1 heterocycles. The van der Waals surface area contributed by atoms with Gasteiger partial charge in [-0.05, 0) is 51.3 Å². The minimum atomic E-state index is -0.469. The quantitative estimate of drug-likeness (QED) is 0.901. The Morgan fingerprint density at radius 3 is 2.82 bits per heavy atom.